The first-order chi connectivity index (χ1) is 22.3. The predicted molar refractivity (Wildman–Crippen MR) is 164 cm³/mol. The topological polar surface area (TPSA) is 97.3 Å². The molecule has 0 bridgehead atoms. The van der Waals surface area contributed by atoms with Gasteiger partial charge in [0.15, 0.2) is 5.76 Å². The minimum absolute atomic E-state index is 0.0310. The third-order valence-corrected chi connectivity index (χ3v) is 9.19. The molecule has 1 fully saturated rings. The van der Waals surface area contributed by atoms with Crippen molar-refractivity contribution in [3.63, 3.8) is 0 Å². The lowest BCUT2D eigenvalue weighted by molar-refractivity contribution is -0.376. The fourth-order valence-electron chi connectivity index (χ4n) is 6.74. The van der Waals surface area contributed by atoms with Gasteiger partial charge in [0.1, 0.15) is 30.3 Å². The molecular weight excluding hydrogens is 646 g/mol. The fraction of sp³-hybridized carbons (Fsp3) is 0.647. The Bertz CT molecular complexity index is 1390. The van der Waals surface area contributed by atoms with E-state index in [4.69, 9.17) is 14.2 Å². The second-order valence-electron chi connectivity index (χ2n) is 13.5. The Morgan fingerprint density at radius 3 is 2.08 bits per heavy atom. The summed E-state index contributed by atoms with van der Waals surface area (Å²) in [7, 11) is 0. The van der Waals surface area contributed by atoms with E-state index in [1.807, 2.05) is 26.8 Å². The van der Waals surface area contributed by atoms with E-state index in [2.05, 4.69) is 5.32 Å². The average molecular weight is 691 g/mol. The fourth-order valence-corrected chi connectivity index (χ4v) is 6.74. The number of ether oxygens (including phenoxy) is 3. The number of halogens is 6. The van der Waals surface area contributed by atoms with Gasteiger partial charge in [0.05, 0.1) is 6.61 Å². The summed E-state index contributed by atoms with van der Waals surface area (Å²) in [6.45, 7) is 10.0. The number of alkyl halides is 6. The van der Waals surface area contributed by atoms with Gasteiger partial charge in [-0.15, -0.1) is 0 Å². The molecule has 48 heavy (non-hydrogen) atoms. The minimum atomic E-state index is -6.00. The number of aryl methyl sites for hydroxylation is 2. The van der Waals surface area contributed by atoms with E-state index in [-0.39, 0.29) is 48.8 Å². The molecule has 8 nitrogen and oxygen atoms in total. The summed E-state index contributed by atoms with van der Waals surface area (Å²) < 4.78 is 99.6. The monoisotopic (exact) mass is 690 g/mol. The highest BCUT2D eigenvalue weighted by molar-refractivity contribution is 6.08. The average Bonchev–Trinajstić information content (AvgIpc) is 3.26. The van der Waals surface area contributed by atoms with Gasteiger partial charge >= 0.3 is 18.4 Å². The second kappa shape index (κ2) is 13.8. The van der Waals surface area contributed by atoms with Crippen molar-refractivity contribution in [1.29, 1.82) is 0 Å². The number of hydrogen-bond acceptors (Lipinski definition) is 6. The summed E-state index contributed by atoms with van der Waals surface area (Å²) in [5, 5.41) is 13.0. The molecular formula is C34H44F6N2O6. The van der Waals surface area contributed by atoms with Crippen LogP contribution in [-0.4, -0.2) is 66.2 Å². The van der Waals surface area contributed by atoms with Crippen LogP contribution in [0.2, 0.25) is 0 Å². The maximum atomic E-state index is 14.0. The third-order valence-electron chi connectivity index (χ3n) is 9.19. The highest BCUT2D eigenvalue weighted by Crippen LogP contribution is 2.51. The number of unbranched alkanes of at least 4 members (excludes halogenated alkanes) is 1. The highest BCUT2D eigenvalue weighted by atomic mass is 19.4. The maximum absolute atomic E-state index is 14.0. The molecule has 3 amide bonds. The van der Waals surface area contributed by atoms with Gasteiger partial charge in [0, 0.05) is 24.4 Å². The van der Waals surface area contributed by atoms with E-state index in [9.17, 15) is 41.0 Å². The third kappa shape index (κ3) is 6.73. The van der Waals surface area contributed by atoms with Gasteiger partial charge in [-0.1, -0.05) is 53.5 Å². The summed E-state index contributed by atoms with van der Waals surface area (Å²) in [4.78, 5) is 28.4. The number of nitrogens with zero attached hydrogens (tertiary/aromatic N) is 1. The van der Waals surface area contributed by atoms with E-state index in [1.165, 1.54) is 4.90 Å². The lowest BCUT2D eigenvalue weighted by atomic mass is 9.64. The molecule has 1 aromatic carbocycles. The van der Waals surface area contributed by atoms with Crippen LogP contribution in [0.3, 0.4) is 0 Å². The number of nitrogens with one attached hydrogen (secondary N) is 1. The summed E-state index contributed by atoms with van der Waals surface area (Å²) in [5.41, 5.74) is -8.02. The number of imide groups is 1. The van der Waals surface area contributed by atoms with Crippen molar-refractivity contribution in [1.82, 2.24) is 10.2 Å². The number of carbonyl (C=O) groups excluding carboxylic acids is 2. The van der Waals surface area contributed by atoms with Crippen molar-refractivity contribution in [2.75, 3.05) is 26.4 Å². The molecule has 4 rings (SSSR count). The van der Waals surface area contributed by atoms with Crippen LogP contribution in [0.4, 0.5) is 31.1 Å². The van der Waals surface area contributed by atoms with E-state index >= 15 is 0 Å². The normalized spacial score (nSPS) is 22.0. The molecule has 0 saturated carbocycles. The number of urea groups is 1. The number of aliphatic hydroxyl groups is 1. The molecule has 0 radical (unpaired) electrons. The molecule has 3 aliphatic rings. The number of allylic oxidation sites excluding steroid dienone is 2. The predicted octanol–water partition coefficient (Wildman–Crippen LogP) is 7.23. The molecule has 2 N–H and O–H groups in total. The van der Waals surface area contributed by atoms with Crippen LogP contribution in [-0.2, 0) is 32.7 Å². The number of hydrogen-bond donors (Lipinski definition) is 2. The number of benzene rings is 1. The zero-order valence-electron chi connectivity index (χ0n) is 27.9. The van der Waals surface area contributed by atoms with Crippen LogP contribution in [0.15, 0.2) is 35.8 Å². The number of rotatable bonds is 12. The molecule has 2 heterocycles. The van der Waals surface area contributed by atoms with Crippen molar-refractivity contribution in [3.05, 3.63) is 52.5 Å². The van der Waals surface area contributed by atoms with Crippen LogP contribution in [0.5, 0.6) is 5.75 Å². The van der Waals surface area contributed by atoms with Gasteiger partial charge in [-0.25, -0.2) is 4.79 Å². The molecule has 2 aliphatic heterocycles. The van der Waals surface area contributed by atoms with Crippen LogP contribution >= 0.6 is 0 Å². The summed E-state index contributed by atoms with van der Waals surface area (Å²) in [6.07, 6.45) is -6.29. The van der Waals surface area contributed by atoms with E-state index in [1.54, 1.807) is 19.9 Å². The molecule has 2 unspecified atom stereocenters. The molecule has 0 spiro atoms. The van der Waals surface area contributed by atoms with Gasteiger partial charge < -0.3 is 24.6 Å². The van der Waals surface area contributed by atoms with Gasteiger partial charge in [-0.2, -0.15) is 26.3 Å². The van der Waals surface area contributed by atoms with Crippen LogP contribution in [0.1, 0.15) is 83.4 Å². The zero-order chi connectivity index (χ0) is 35.7. The maximum Gasteiger partial charge on any atom is 0.430 e. The zero-order valence-corrected chi connectivity index (χ0v) is 27.9. The van der Waals surface area contributed by atoms with Gasteiger partial charge in [-0.05, 0) is 60.4 Å². The Balaban J connectivity index is 1.49. The van der Waals surface area contributed by atoms with Crippen molar-refractivity contribution >= 4 is 11.9 Å². The summed E-state index contributed by atoms with van der Waals surface area (Å²) >= 11 is 0. The molecule has 1 saturated heterocycles. The molecule has 1 aromatic rings. The van der Waals surface area contributed by atoms with Crippen molar-refractivity contribution in [2.45, 2.75) is 103 Å². The van der Waals surface area contributed by atoms with Crippen LogP contribution in [0.25, 0.3) is 0 Å². The van der Waals surface area contributed by atoms with E-state index in [0.717, 1.165) is 12.1 Å². The first-order valence-electron chi connectivity index (χ1n) is 16.3. The Hall–Kier alpha value is -3.42. The van der Waals surface area contributed by atoms with E-state index in [0.29, 0.717) is 56.8 Å². The van der Waals surface area contributed by atoms with Crippen molar-refractivity contribution in [2.24, 2.45) is 11.3 Å². The molecule has 0 aromatic heterocycles. The number of carbonyl (C=O) groups is 2. The SMILES string of the molecule is CCCc1cc(C(O)(C(F)(F)F)C(F)(F)F)cc(CCC)c1OCCCCN1C(=O)NC(C2C=CC3=C(C2)OCCO3)(C(C)(C)C)C1=O. The summed E-state index contributed by atoms with van der Waals surface area (Å²) in [5.74, 6) is 0.665. The largest absolute Gasteiger partial charge is 0.493 e. The Kier molecular flexibility index (Phi) is 10.8. The standard InChI is InChI=1S/C34H44F6N2O6/c1-6-10-21-18-24(32(45,33(35,36)37)34(38,39)40)19-22(11-7-2)27(21)48-15-9-8-14-42-28(43)31(30(3,4)5,41-29(42)44)23-12-13-25-26(20-23)47-17-16-46-25/h12-13,18-19,23,45H,6-11,14-17,20H2,1-5H3,(H,41,44). The highest BCUT2D eigenvalue weighted by Gasteiger charge is 2.71. The minimum Gasteiger partial charge on any atom is -0.493 e. The Morgan fingerprint density at radius 2 is 1.54 bits per heavy atom. The molecule has 268 valence electrons. The van der Waals surface area contributed by atoms with Crippen LogP contribution < -0.4 is 10.1 Å². The van der Waals surface area contributed by atoms with Gasteiger partial charge in [0.25, 0.3) is 11.5 Å². The molecule has 2 atom stereocenters. The quantitative estimate of drug-likeness (QED) is 0.137. The Labute approximate surface area is 276 Å². The van der Waals surface area contributed by atoms with E-state index < -0.39 is 46.4 Å². The second-order valence-corrected chi connectivity index (χ2v) is 13.5. The first-order valence-corrected chi connectivity index (χ1v) is 16.3. The smallest absolute Gasteiger partial charge is 0.430 e. The van der Waals surface area contributed by atoms with Crippen molar-refractivity contribution < 1.29 is 55.2 Å². The Morgan fingerprint density at radius 1 is 0.958 bits per heavy atom. The summed E-state index contributed by atoms with van der Waals surface area (Å²) in [6, 6.07) is 0.917. The van der Waals surface area contributed by atoms with Crippen molar-refractivity contribution in [3.8, 4) is 5.75 Å². The number of amides is 3. The lowest BCUT2D eigenvalue weighted by Crippen LogP contribution is -2.62. The molecule has 1 aliphatic carbocycles. The van der Waals surface area contributed by atoms with Gasteiger partial charge in [0.2, 0.25) is 0 Å². The lowest BCUT2D eigenvalue weighted by Gasteiger charge is -2.45. The van der Waals surface area contributed by atoms with Gasteiger partial charge in [-0.3, -0.25) is 9.69 Å². The molecule has 14 heteroatoms. The van der Waals surface area contributed by atoms with Crippen LogP contribution in [0, 0.1) is 11.3 Å². The first kappa shape index (κ1) is 37.4.